The second kappa shape index (κ2) is 6.12. The quantitative estimate of drug-likeness (QED) is 0.895. The molecule has 1 saturated carbocycles. The summed E-state index contributed by atoms with van der Waals surface area (Å²) in [6.07, 6.45) is 0.768. The molecule has 1 fully saturated rings. The maximum atomic E-state index is 12.4. The van der Waals surface area contributed by atoms with Crippen molar-refractivity contribution in [3.05, 3.63) is 53.6 Å². The fraction of sp³-hybridized carbons (Fsp3) is 0.263. The average molecular weight is 339 g/mol. The Labute approximate surface area is 144 Å². The van der Waals surface area contributed by atoms with E-state index in [1.807, 2.05) is 18.2 Å². The van der Waals surface area contributed by atoms with Gasteiger partial charge in [-0.15, -0.1) is 0 Å². The lowest BCUT2D eigenvalue weighted by molar-refractivity contribution is -0.117. The number of aromatic carboxylic acids is 1. The fourth-order valence-electron chi connectivity index (χ4n) is 3.11. The van der Waals surface area contributed by atoms with Gasteiger partial charge >= 0.3 is 5.97 Å². The third kappa shape index (κ3) is 3.15. The standard InChI is InChI=1S/C19H17NO5/c21-18(20-13-3-1-2-12(8-13)19(22)23)15-10-14(15)11-4-5-16-17(9-11)25-7-6-24-16/h1-5,8-9,14-15H,6-7,10H2,(H,20,21)(H,22,23)/t14-,15-/m1/s1. The van der Waals surface area contributed by atoms with Gasteiger partial charge in [0.2, 0.25) is 5.91 Å². The number of rotatable bonds is 4. The summed E-state index contributed by atoms with van der Waals surface area (Å²) in [6, 6.07) is 12.0. The van der Waals surface area contributed by atoms with Crippen LogP contribution in [0.4, 0.5) is 5.69 Å². The first-order valence-corrected chi connectivity index (χ1v) is 8.15. The molecule has 1 heterocycles. The molecule has 1 aliphatic heterocycles. The van der Waals surface area contributed by atoms with Crippen molar-refractivity contribution in [3.63, 3.8) is 0 Å². The van der Waals surface area contributed by atoms with Crippen molar-refractivity contribution in [2.24, 2.45) is 5.92 Å². The predicted octanol–water partition coefficient (Wildman–Crippen LogP) is 2.90. The van der Waals surface area contributed by atoms with Crippen LogP contribution in [-0.4, -0.2) is 30.2 Å². The molecule has 25 heavy (non-hydrogen) atoms. The number of carboxylic acid groups (broad SMARTS) is 1. The SMILES string of the molecule is O=C(O)c1cccc(NC(=O)[C@@H]2C[C@@H]2c2ccc3c(c2)OCCO3)c1. The highest BCUT2D eigenvalue weighted by atomic mass is 16.6. The molecule has 2 aliphatic rings. The van der Waals surface area contributed by atoms with Crippen molar-refractivity contribution in [1.29, 1.82) is 0 Å². The maximum Gasteiger partial charge on any atom is 0.335 e. The molecule has 0 aromatic heterocycles. The number of ether oxygens (including phenoxy) is 2. The Kier molecular flexibility index (Phi) is 3.80. The first kappa shape index (κ1) is 15.5. The monoisotopic (exact) mass is 339 g/mol. The molecular formula is C19H17NO5. The van der Waals surface area contributed by atoms with Gasteiger partial charge < -0.3 is 19.9 Å². The minimum atomic E-state index is -1.02. The number of nitrogens with one attached hydrogen (secondary N) is 1. The minimum Gasteiger partial charge on any atom is -0.486 e. The van der Waals surface area contributed by atoms with Crippen molar-refractivity contribution in [1.82, 2.24) is 0 Å². The molecule has 6 heteroatoms. The van der Waals surface area contributed by atoms with Crippen molar-refractivity contribution in [3.8, 4) is 11.5 Å². The third-order valence-electron chi connectivity index (χ3n) is 4.50. The van der Waals surface area contributed by atoms with Gasteiger partial charge in [0, 0.05) is 11.6 Å². The van der Waals surface area contributed by atoms with E-state index in [2.05, 4.69) is 5.32 Å². The first-order valence-electron chi connectivity index (χ1n) is 8.15. The molecule has 0 spiro atoms. The molecule has 6 nitrogen and oxygen atoms in total. The van der Waals surface area contributed by atoms with E-state index in [0.29, 0.717) is 18.9 Å². The van der Waals surface area contributed by atoms with Crippen LogP contribution in [0.5, 0.6) is 11.5 Å². The van der Waals surface area contributed by atoms with Crippen molar-refractivity contribution in [2.75, 3.05) is 18.5 Å². The fourth-order valence-corrected chi connectivity index (χ4v) is 3.11. The molecular weight excluding hydrogens is 322 g/mol. The van der Waals surface area contributed by atoms with Crippen LogP contribution in [0.2, 0.25) is 0 Å². The number of benzene rings is 2. The molecule has 128 valence electrons. The molecule has 0 bridgehead atoms. The predicted molar refractivity (Wildman–Crippen MR) is 90.3 cm³/mol. The largest absolute Gasteiger partial charge is 0.486 e. The van der Waals surface area contributed by atoms with Crippen LogP contribution in [0.3, 0.4) is 0 Å². The topological polar surface area (TPSA) is 84.9 Å². The zero-order valence-corrected chi connectivity index (χ0v) is 13.4. The average Bonchev–Trinajstić information content (AvgIpc) is 3.42. The lowest BCUT2D eigenvalue weighted by atomic mass is 10.1. The number of carboxylic acids is 1. The van der Waals surface area contributed by atoms with Crippen LogP contribution in [0.1, 0.15) is 28.3 Å². The Morgan fingerprint density at radius 2 is 1.84 bits per heavy atom. The first-order chi connectivity index (χ1) is 12.1. The normalized spacial score (nSPS) is 20.6. The summed E-state index contributed by atoms with van der Waals surface area (Å²) in [6.45, 7) is 1.08. The second-order valence-electron chi connectivity index (χ2n) is 6.23. The van der Waals surface area contributed by atoms with Crippen LogP contribution in [0, 0.1) is 5.92 Å². The molecule has 4 rings (SSSR count). The Morgan fingerprint density at radius 1 is 1.04 bits per heavy atom. The summed E-state index contributed by atoms with van der Waals surface area (Å²) in [7, 11) is 0. The summed E-state index contributed by atoms with van der Waals surface area (Å²) < 4.78 is 11.1. The van der Waals surface area contributed by atoms with Gasteiger partial charge in [-0.25, -0.2) is 4.79 Å². The van der Waals surface area contributed by atoms with E-state index < -0.39 is 5.97 Å². The van der Waals surface area contributed by atoms with Gasteiger partial charge in [-0.2, -0.15) is 0 Å². The Bertz CT molecular complexity index is 847. The van der Waals surface area contributed by atoms with Crippen molar-refractivity contribution >= 4 is 17.6 Å². The smallest absolute Gasteiger partial charge is 0.335 e. The van der Waals surface area contributed by atoms with E-state index >= 15 is 0 Å². The number of hydrogen-bond donors (Lipinski definition) is 2. The Morgan fingerprint density at radius 3 is 2.64 bits per heavy atom. The zero-order valence-electron chi connectivity index (χ0n) is 13.4. The number of carbonyl (C=O) groups excluding carboxylic acids is 1. The molecule has 2 aromatic carbocycles. The summed E-state index contributed by atoms with van der Waals surface area (Å²) >= 11 is 0. The van der Waals surface area contributed by atoms with Crippen LogP contribution >= 0.6 is 0 Å². The molecule has 1 amide bonds. The molecule has 0 saturated heterocycles. The van der Waals surface area contributed by atoms with Gasteiger partial charge in [-0.3, -0.25) is 4.79 Å². The molecule has 2 atom stereocenters. The zero-order chi connectivity index (χ0) is 17.4. The number of fused-ring (bicyclic) bond motifs is 1. The van der Waals surface area contributed by atoms with Crippen molar-refractivity contribution in [2.45, 2.75) is 12.3 Å². The van der Waals surface area contributed by atoms with Gasteiger partial charge in [-0.05, 0) is 48.2 Å². The van der Waals surface area contributed by atoms with Crippen LogP contribution in [0.15, 0.2) is 42.5 Å². The minimum absolute atomic E-state index is 0.0950. The van der Waals surface area contributed by atoms with Gasteiger partial charge in [-0.1, -0.05) is 12.1 Å². The van der Waals surface area contributed by atoms with E-state index in [-0.39, 0.29) is 23.3 Å². The van der Waals surface area contributed by atoms with Crippen LogP contribution in [0.25, 0.3) is 0 Å². The number of amides is 1. The van der Waals surface area contributed by atoms with Crippen LogP contribution < -0.4 is 14.8 Å². The molecule has 0 radical (unpaired) electrons. The highest BCUT2D eigenvalue weighted by Crippen LogP contribution is 2.49. The summed E-state index contributed by atoms with van der Waals surface area (Å²) in [4.78, 5) is 23.4. The maximum absolute atomic E-state index is 12.4. The number of anilines is 1. The summed E-state index contributed by atoms with van der Waals surface area (Å²) in [5.74, 6) is 0.389. The highest BCUT2D eigenvalue weighted by molar-refractivity contribution is 5.97. The van der Waals surface area contributed by atoms with E-state index in [9.17, 15) is 9.59 Å². The number of carbonyl (C=O) groups is 2. The number of hydrogen-bond acceptors (Lipinski definition) is 4. The lowest BCUT2D eigenvalue weighted by Gasteiger charge is -2.18. The van der Waals surface area contributed by atoms with E-state index in [0.717, 1.165) is 23.5 Å². The lowest BCUT2D eigenvalue weighted by Crippen LogP contribution is -2.16. The van der Waals surface area contributed by atoms with E-state index in [1.54, 1.807) is 12.1 Å². The van der Waals surface area contributed by atoms with Gasteiger partial charge in [0.1, 0.15) is 13.2 Å². The highest BCUT2D eigenvalue weighted by Gasteiger charge is 2.44. The second-order valence-corrected chi connectivity index (χ2v) is 6.23. The molecule has 1 aliphatic carbocycles. The van der Waals surface area contributed by atoms with Gasteiger partial charge in [0.05, 0.1) is 5.56 Å². The third-order valence-corrected chi connectivity index (χ3v) is 4.50. The molecule has 2 N–H and O–H groups in total. The van der Waals surface area contributed by atoms with E-state index in [4.69, 9.17) is 14.6 Å². The van der Waals surface area contributed by atoms with Crippen LogP contribution in [-0.2, 0) is 4.79 Å². The summed E-state index contributed by atoms with van der Waals surface area (Å²) in [5, 5.41) is 11.8. The summed E-state index contributed by atoms with van der Waals surface area (Å²) in [5.41, 5.74) is 1.71. The van der Waals surface area contributed by atoms with Crippen molar-refractivity contribution < 1.29 is 24.2 Å². The van der Waals surface area contributed by atoms with Gasteiger partial charge in [0.15, 0.2) is 11.5 Å². The molecule has 0 unspecified atom stereocenters. The Balaban J connectivity index is 1.43. The molecule has 2 aromatic rings. The Hall–Kier alpha value is -3.02. The van der Waals surface area contributed by atoms with E-state index in [1.165, 1.54) is 12.1 Å². The van der Waals surface area contributed by atoms with Gasteiger partial charge in [0.25, 0.3) is 0 Å².